The highest BCUT2D eigenvalue weighted by Crippen LogP contribution is 2.21. The number of carbonyl (C=O) groups excluding carboxylic acids is 2. The molecule has 0 heterocycles. The molecule has 1 amide bonds. The highest BCUT2D eigenvalue weighted by atomic mass is 16.3. The molecule has 0 unspecified atom stereocenters. The predicted octanol–water partition coefficient (Wildman–Crippen LogP) is 3.61. The van der Waals surface area contributed by atoms with Gasteiger partial charge in [-0.15, -0.1) is 0 Å². The molecule has 3 aromatic rings. The van der Waals surface area contributed by atoms with Crippen molar-refractivity contribution in [2.24, 2.45) is 0 Å². The summed E-state index contributed by atoms with van der Waals surface area (Å²) in [4.78, 5) is 22.9. The van der Waals surface area contributed by atoms with E-state index < -0.39 is 0 Å². The molecule has 22 heavy (non-hydrogen) atoms. The number of hydrogen-bond donors (Lipinski definition) is 2. The first-order chi connectivity index (χ1) is 10.7. The molecule has 3 aromatic carbocycles. The molecule has 0 saturated carbocycles. The van der Waals surface area contributed by atoms with Gasteiger partial charge in [0.05, 0.1) is 0 Å². The zero-order valence-corrected chi connectivity index (χ0v) is 11.6. The summed E-state index contributed by atoms with van der Waals surface area (Å²) in [6, 6.07) is 16.9. The standard InChI is InChI=1S/C18H13NO3/c20-11-12-1-6-16(7-2-12)19-18(22)15-4-3-14-10-17(21)8-5-13(14)9-15/h1-11,21H,(H,19,22). The first-order valence-electron chi connectivity index (χ1n) is 6.75. The van der Waals surface area contributed by atoms with Crippen LogP contribution in [0.5, 0.6) is 5.75 Å². The van der Waals surface area contributed by atoms with Crippen LogP contribution in [0, 0.1) is 0 Å². The monoisotopic (exact) mass is 291 g/mol. The van der Waals surface area contributed by atoms with Crippen molar-refractivity contribution in [3.05, 3.63) is 71.8 Å². The number of hydrogen-bond acceptors (Lipinski definition) is 3. The zero-order chi connectivity index (χ0) is 15.5. The summed E-state index contributed by atoms with van der Waals surface area (Å²) < 4.78 is 0. The normalized spacial score (nSPS) is 10.4. The second kappa shape index (κ2) is 5.69. The molecule has 0 aliphatic rings. The third kappa shape index (κ3) is 2.81. The SMILES string of the molecule is O=Cc1ccc(NC(=O)c2ccc3cc(O)ccc3c2)cc1. The van der Waals surface area contributed by atoms with Gasteiger partial charge in [-0.3, -0.25) is 9.59 Å². The summed E-state index contributed by atoms with van der Waals surface area (Å²) in [6.07, 6.45) is 0.754. The van der Waals surface area contributed by atoms with Gasteiger partial charge in [0, 0.05) is 16.8 Å². The molecule has 0 radical (unpaired) electrons. The van der Waals surface area contributed by atoms with Crippen molar-refractivity contribution in [2.45, 2.75) is 0 Å². The third-order valence-electron chi connectivity index (χ3n) is 3.39. The van der Waals surface area contributed by atoms with Crippen LogP contribution in [0.2, 0.25) is 0 Å². The van der Waals surface area contributed by atoms with E-state index in [9.17, 15) is 14.7 Å². The van der Waals surface area contributed by atoms with Crippen molar-refractivity contribution in [3.8, 4) is 5.75 Å². The van der Waals surface area contributed by atoms with E-state index in [1.807, 2.05) is 0 Å². The molecule has 0 bridgehead atoms. The number of fused-ring (bicyclic) bond motifs is 1. The van der Waals surface area contributed by atoms with E-state index in [0.29, 0.717) is 16.8 Å². The number of anilines is 1. The van der Waals surface area contributed by atoms with Crippen LogP contribution < -0.4 is 5.32 Å². The van der Waals surface area contributed by atoms with Gasteiger partial charge in [-0.1, -0.05) is 12.1 Å². The number of phenolic OH excluding ortho intramolecular Hbond substituents is 1. The van der Waals surface area contributed by atoms with Crippen molar-refractivity contribution in [2.75, 3.05) is 5.32 Å². The lowest BCUT2D eigenvalue weighted by Gasteiger charge is -2.07. The van der Waals surface area contributed by atoms with E-state index in [1.165, 1.54) is 0 Å². The number of phenols is 1. The lowest BCUT2D eigenvalue weighted by atomic mass is 10.1. The van der Waals surface area contributed by atoms with Crippen LogP contribution in [0.1, 0.15) is 20.7 Å². The van der Waals surface area contributed by atoms with E-state index in [2.05, 4.69) is 5.32 Å². The summed E-state index contributed by atoms with van der Waals surface area (Å²) in [5.74, 6) is -0.0335. The van der Waals surface area contributed by atoms with E-state index in [-0.39, 0.29) is 11.7 Å². The number of nitrogens with one attached hydrogen (secondary N) is 1. The van der Waals surface area contributed by atoms with Crippen molar-refractivity contribution in [1.82, 2.24) is 0 Å². The fourth-order valence-corrected chi connectivity index (χ4v) is 2.22. The topological polar surface area (TPSA) is 66.4 Å². The van der Waals surface area contributed by atoms with Crippen molar-refractivity contribution in [3.63, 3.8) is 0 Å². The molecular weight excluding hydrogens is 278 g/mol. The maximum atomic E-state index is 12.2. The van der Waals surface area contributed by atoms with Gasteiger partial charge in [-0.05, 0) is 59.3 Å². The Labute approximate surface area is 127 Å². The summed E-state index contributed by atoms with van der Waals surface area (Å²) in [6.45, 7) is 0. The molecule has 2 N–H and O–H groups in total. The van der Waals surface area contributed by atoms with Crippen molar-refractivity contribution in [1.29, 1.82) is 0 Å². The van der Waals surface area contributed by atoms with Gasteiger partial charge >= 0.3 is 0 Å². The molecule has 0 atom stereocenters. The molecule has 0 saturated heterocycles. The lowest BCUT2D eigenvalue weighted by molar-refractivity contribution is 0.102. The van der Waals surface area contributed by atoms with Crippen LogP contribution in [-0.2, 0) is 0 Å². The summed E-state index contributed by atoms with van der Waals surface area (Å²) in [7, 11) is 0. The van der Waals surface area contributed by atoms with Gasteiger partial charge < -0.3 is 10.4 Å². The molecule has 0 aliphatic carbocycles. The van der Waals surface area contributed by atoms with Gasteiger partial charge in [-0.2, -0.15) is 0 Å². The number of aldehydes is 1. The first kappa shape index (κ1) is 13.8. The number of rotatable bonds is 3. The van der Waals surface area contributed by atoms with Crippen LogP contribution in [0.3, 0.4) is 0 Å². The minimum Gasteiger partial charge on any atom is -0.508 e. The molecule has 0 spiro atoms. The molecule has 108 valence electrons. The Balaban J connectivity index is 1.84. The molecule has 4 heteroatoms. The van der Waals surface area contributed by atoms with E-state index in [4.69, 9.17) is 0 Å². The molecule has 0 fully saturated rings. The number of carbonyl (C=O) groups is 2. The molecular formula is C18H13NO3. The fraction of sp³-hybridized carbons (Fsp3) is 0. The van der Waals surface area contributed by atoms with Crippen LogP contribution in [0.15, 0.2) is 60.7 Å². The highest BCUT2D eigenvalue weighted by Gasteiger charge is 2.07. The number of aromatic hydroxyl groups is 1. The Morgan fingerprint density at radius 3 is 2.32 bits per heavy atom. The van der Waals surface area contributed by atoms with Crippen LogP contribution in [0.4, 0.5) is 5.69 Å². The predicted molar refractivity (Wildman–Crippen MR) is 85.4 cm³/mol. The highest BCUT2D eigenvalue weighted by molar-refractivity contribution is 6.06. The van der Waals surface area contributed by atoms with Crippen molar-refractivity contribution >= 4 is 28.7 Å². The number of benzene rings is 3. The third-order valence-corrected chi connectivity index (χ3v) is 3.39. The van der Waals surface area contributed by atoms with Crippen LogP contribution in [-0.4, -0.2) is 17.3 Å². The van der Waals surface area contributed by atoms with Crippen LogP contribution >= 0.6 is 0 Å². The largest absolute Gasteiger partial charge is 0.508 e. The summed E-state index contributed by atoms with van der Waals surface area (Å²) >= 11 is 0. The summed E-state index contributed by atoms with van der Waals surface area (Å²) in [5, 5.41) is 14.0. The van der Waals surface area contributed by atoms with E-state index in [0.717, 1.165) is 17.1 Å². The maximum absolute atomic E-state index is 12.2. The second-order valence-corrected chi connectivity index (χ2v) is 4.94. The average molecular weight is 291 g/mol. The Morgan fingerprint density at radius 1 is 0.909 bits per heavy atom. The lowest BCUT2D eigenvalue weighted by Crippen LogP contribution is -2.11. The number of amides is 1. The van der Waals surface area contributed by atoms with Gasteiger partial charge in [0.25, 0.3) is 5.91 Å². The van der Waals surface area contributed by atoms with Gasteiger partial charge in [0.2, 0.25) is 0 Å². The smallest absolute Gasteiger partial charge is 0.255 e. The quantitative estimate of drug-likeness (QED) is 0.724. The summed E-state index contributed by atoms with van der Waals surface area (Å²) in [5.41, 5.74) is 1.71. The molecule has 0 aliphatic heterocycles. The van der Waals surface area contributed by atoms with Gasteiger partial charge in [-0.25, -0.2) is 0 Å². The zero-order valence-electron chi connectivity index (χ0n) is 11.6. The fourth-order valence-electron chi connectivity index (χ4n) is 2.22. The van der Waals surface area contributed by atoms with E-state index in [1.54, 1.807) is 60.7 Å². The maximum Gasteiger partial charge on any atom is 0.255 e. The molecule has 3 rings (SSSR count). The minimum absolute atomic E-state index is 0.194. The minimum atomic E-state index is -0.228. The van der Waals surface area contributed by atoms with Gasteiger partial charge in [0.1, 0.15) is 12.0 Å². The second-order valence-electron chi connectivity index (χ2n) is 4.94. The van der Waals surface area contributed by atoms with Gasteiger partial charge in [0.15, 0.2) is 0 Å². The Hall–Kier alpha value is -3.14. The van der Waals surface area contributed by atoms with Crippen molar-refractivity contribution < 1.29 is 14.7 Å². The molecule has 4 nitrogen and oxygen atoms in total. The Kier molecular flexibility index (Phi) is 3.58. The molecule has 0 aromatic heterocycles. The van der Waals surface area contributed by atoms with E-state index >= 15 is 0 Å². The first-order valence-corrected chi connectivity index (χ1v) is 6.75. The Bertz CT molecular complexity index is 854. The Morgan fingerprint density at radius 2 is 1.59 bits per heavy atom. The van der Waals surface area contributed by atoms with Crippen LogP contribution in [0.25, 0.3) is 10.8 Å². The average Bonchev–Trinajstić information content (AvgIpc) is 2.55.